The Morgan fingerprint density at radius 3 is 2.20 bits per heavy atom. The Kier molecular flexibility index (Phi) is 5.70. The lowest BCUT2D eigenvalue weighted by atomic mass is 10.1. The van der Waals surface area contributed by atoms with Gasteiger partial charge in [0.15, 0.2) is 0 Å². The van der Waals surface area contributed by atoms with Crippen molar-refractivity contribution in [3.05, 3.63) is 95.0 Å². The maximum absolute atomic E-state index is 12.1. The predicted molar refractivity (Wildman–Crippen MR) is 101 cm³/mol. The van der Waals surface area contributed by atoms with E-state index >= 15 is 0 Å². The van der Waals surface area contributed by atoms with E-state index in [9.17, 15) is 4.79 Å². The molecule has 0 heterocycles. The van der Waals surface area contributed by atoms with Gasteiger partial charge in [0.05, 0.1) is 6.42 Å². The van der Waals surface area contributed by atoms with Gasteiger partial charge in [-0.1, -0.05) is 54.1 Å². The number of anilines is 1. The van der Waals surface area contributed by atoms with Crippen molar-refractivity contribution < 1.29 is 9.53 Å². The average Bonchev–Trinajstić information content (AvgIpc) is 2.64. The Bertz CT molecular complexity index is 815. The highest BCUT2D eigenvalue weighted by Crippen LogP contribution is 2.17. The van der Waals surface area contributed by atoms with E-state index < -0.39 is 0 Å². The lowest BCUT2D eigenvalue weighted by Crippen LogP contribution is -2.14. The second kappa shape index (κ2) is 8.36. The van der Waals surface area contributed by atoms with Gasteiger partial charge in [-0.25, -0.2) is 0 Å². The van der Waals surface area contributed by atoms with E-state index in [2.05, 4.69) is 5.32 Å². The van der Waals surface area contributed by atoms with E-state index in [0.717, 1.165) is 22.6 Å². The first-order valence-corrected chi connectivity index (χ1v) is 8.38. The summed E-state index contributed by atoms with van der Waals surface area (Å²) in [6, 6.07) is 24.6. The molecule has 0 radical (unpaired) electrons. The fourth-order valence-corrected chi connectivity index (χ4v) is 2.49. The van der Waals surface area contributed by atoms with Crippen LogP contribution < -0.4 is 10.1 Å². The van der Waals surface area contributed by atoms with Gasteiger partial charge in [-0.3, -0.25) is 4.79 Å². The molecule has 25 heavy (non-hydrogen) atoms. The zero-order chi connectivity index (χ0) is 17.5. The van der Waals surface area contributed by atoms with Crippen LogP contribution in [0.1, 0.15) is 11.1 Å². The van der Waals surface area contributed by atoms with Crippen molar-refractivity contribution in [3.63, 3.8) is 0 Å². The molecule has 0 unspecified atom stereocenters. The number of carbonyl (C=O) groups excluding carboxylic acids is 1. The molecule has 4 heteroatoms. The van der Waals surface area contributed by atoms with E-state index in [1.54, 1.807) is 12.1 Å². The molecular weight excluding hydrogens is 334 g/mol. The van der Waals surface area contributed by atoms with E-state index in [4.69, 9.17) is 16.3 Å². The van der Waals surface area contributed by atoms with Crippen LogP contribution >= 0.6 is 11.6 Å². The molecule has 3 nitrogen and oxygen atoms in total. The van der Waals surface area contributed by atoms with E-state index in [1.165, 1.54) is 0 Å². The summed E-state index contributed by atoms with van der Waals surface area (Å²) in [6.45, 7) is 0.517. The first-order valence-electron chi connectivity index (χ1n) is 8.00. The molecule has 3 aromatic rings. The van der Waals surface area contributed by atoms with Gasteiger partial charge < -0.3 is 10.1 Å². The number of nitrogens with one attached hydrogen (secondary N) is 1. The molecule has 0 aliphatic rings. The number of rotatable bonds is 6. The van der Waals surface area contributed by atoms with Gasteiger partial charge in [-0.15, -0.1) is 0 Å². The summed E-state index contributed by atoms with van der Waals surface area (Å²) in [5, 5.41) is 3.54. The Balaban J connectivity index is 1.51. The Hall–Kier alpha value is -2.78. The fraction of sp³-hybridized carbons (Fsp3) is 0.0952. The molecule has 0 aliphatic carbocycles. The van der Waals surface area contributed by atoms with Gasteiger partial charge in [0.2, 0.25) is 5.91 Å². The fourth-order valence-electron chi connectivity index (χ4n) is 2.37. The number of benzene rings is 3. The quantitative estimate of drug-likeness (QED) is 0.671. The van der Waals surface area contributed by atoms with Crippen LogP contribution in [0.15, 0.2) is 78.9 Å². The third kappa shape index (κ3) is 5.37. The van der Waals surface area contributed by atoms with Gasteiger partial charge in [0.25, 0.3) is 0 Å². The molecule has 0 fully saturated rings. The number of amides is 1. The van der Waals surface area contributed by atoms with Gasteiger partial charge in [-0.2, -0.15) is 0 Å². The summed E-state index contributed by atoms with van der Waals surface area (Å²) in [5.74, 6) is 0.694. The van der Waals surface area contributed by atoms with Crippen LogP contribution in [0.4, 0.5) is 5.69 Å². The molecule has 0 aromatic heterocycles. The van der Waals surface area contributed by atoms with Crippen molar-refractivity contribution in [2.24, 2.45) is 0 Å². The molecule has 0 atom stereocenters. The van der Waals surface area contributed by atoms with Crippen molar-refractivity contribution in [2.45, 2.75) is 13.0 Å². The smallest absolute Gasteiger partial charge is 0.228 e. The van der Waals surface area contributed by atoms with Crippen molar-refractivity contribution in [1.29, 1.82) is 0 Å². The largest absolute Gasteiger partial charge is 0.489 e. The lowest BCUT2D eigenvalue weighted by molar-refractivity contribution is -0.115. The minimum Gasteiger partial charge on any atom is -0.489 e. The van der Waals surface area contributed by atoms with Crippen LogP contribution in [0.2, 0.25) is 5.02 Å². The van der Waals surface area contributed by atoms with Crippen molar-refractivity contribution in [3.8, 4) is 5.75 Å². The summed E-state index contributed by atoms with van der Waals surface area (Å²) in [7, 11) is 0. The molecule has 0 aliphatic heterocycles. The zero-order valence-corrected chi connectivity index (χ0v) is 14.4. The Morgan fingerprint density at radius 2 is 1.52 bits per heavy atom. The maximum Gasteiger partial charge on any atom is 0.228 e. The third-order valence-corrected chi connectivity index (χ3v) is 3.92. The number of ether oxygens (including phenoxy) is 1. The highest BCUT2D eigenvalue weighted by Gasteiger charge is 2.05. The first kappa shape index (κ1) is 17.1. The van der Waals surface area contributed by atoms with Gasteiger partial charge in [-0.05, 0) is 47.5 Å². The highest BCUT2D eigenvalue weighted by atomic mass is 35.5. The van der Waals surface area contributed by atoms with Crippen LogP contribution in [0.25, 0.3) is 0 Å². The monoisotopic (exact) mass is 351 g/mol. The van der Waals surface area contributed by atoms with E-state index in [1.807, 2.05) is 66.7 Å². The first-order chi connectivity index (χ1) is 12.2. The van der Waals surface area contributed by atoms with Crippen molar-refractivity contribution in [2.75, 3.05) is 5.32 Å². The van der Waals surface area contributed by atoms with Gasteiger partial charge in [0, 0.05) is 10.7 Å². The lowest BCUT2D eigenvalue weighted by Gasteiger charge is -2.09. The highest BCUT2D eigenvalue weighted by molar-refractivity contribution is 6.30. The second-order valence-corrected chi connectivity index (χ2v) is 6.09. The Morgan fingerprint density at radius 1 is 0.840 bits per heavy atom. The normalized spacial score (nSPS) is 10.3. The van der Waals surface area contributed by atoms with Gasteiger partial charge >= 0.3 is 0 Å². The van der Waals surface area contributed by atoms with E-state index in [-0.39, 0.29) is 5.91 Å². The number of hydrogen-bond donors (Lipinski definition) is 1. The predicted octanol–water partition coefficient (Wildman–Crippen LogP) is 5.10. The maximum atomic E-state index is 12.1. The molecule has 126 valence electrons. The molecular formula is C21H18ClNO2. The third-order valence-electron chi connectivity index (χ3n) is 3.66. The zero-order valence-electron chi connectivity index (χ0n) is 13.6. The Labute approximate surface area is 152 Å². The summed E-state index contributed by atoms with van der Waals surface area (Å²) >= 11 is 5.85. The molecule has 0 saturated heterocycles. The number of halogens is 1. The molecule has 0 spiro atoms. The summed E-state index contributed by atoms with van der Waals surface area (Å²) in [4.78, 5) is 12.1. The molecule has 3 rings (SSSR count). The topological polar surface area (TPSA) is 38.3 Å². The van der Waals surface area contributed by atoms with Crippen LogP contribution in [-0.2, 0) is 17.8 Å². The number of carbonyl (C=O) groups is 1. The molecule has 1 N–H and O–H groups in total. The minimum absolute atomic E-state index is 0.0692. The average molecular weight is 352 g/mol. The molecule has 0 bridgehead atoms. The SMILES string of the molecule is O=C(Cc1ccc(Cl)cc1)Nc1ccc(OCc2ccccc2)cc1. The summed E-state index contributed by atoms with van der Waals surface area (Å²) in [5.41, 5.74) is 2.78. The summed E-state index contributed by atoms with van der Waals surface area (Å²) in [6.07, 6.45) is 0.309. The minimum atomic E-state index is -0.0692. The van der Waals surface area contributed by atoms with Gasteiger partial charge in [0.1, 0.15) is 12.4 Å². The molecule has 1 amide bonds. The van der Waals surface area contributed by atoms with Crippen LogP contribution in [0.3, 0.4) is 0 Å². The molecule has 3 aromatic carbocycles. The van der Waals surface area contributed by atoms with Crippen molar-refractivity contribution >= 4 is 23.2 Å². The second-order valence-electron chi connectivity index (χ2n) is 5.65. The standard InChI is InChI=1S/C21H18ClNO2/c22-18-8-6-16(7-9-18)14-21(24)23-19-10-12-20(13-11-19)25-15-17-4-2-1-3-5-17/h1-13H,14-15H2,(H,23,24). The summed E-state index contributed by atoms with van der Waals surface area (Å²) < 4.78 is 5.73. The van der Waals surface area contributed by atoms with Crippen LogP contribution in [0.5, 0.6) is 5.75 Å². The van der Waals surface area contributed by atoms with Crippen LogP contribution in [-0.4, -0.2) is 5.91 Å². The number of hydrogen-bond acceptors (Lipinski definition) is 2. The van der Waals surface area contributed by atoms with Crippen LogP contribution in [0, 0.1) is 0 Å². The van der Waals surface area contributed by atoms with Crippen molar-refractivity contribution in [1.82, 2.24) is 0 Å². The molecule has 0 saturated carbocycles. The van der Waals surface area contributed by atoms with E-state index in [0.29, 0.717) is 18.1 Å².